The Bertz CT molecular complexity index is 1500. The lowest BCUT2D eigenvalue weighted by Gasteiger charge is -2.34. The second-order valence-electron chi connectivity index (χ2n) is 8.26. The number of pyridine rings is 1. The zero-order valence-electron chi connectivity index (χ0n) is 18.1. The monoisotopic (exact) mass is 484 g/mol. The Labute approximate surface area is 194 Å². The van der Waals surface area contributed by atoms with Crippen LogP contribution in [0.15, 0.2) is 35.5 Å². The lowest BCUT2D eigenvalue weighted by atomic mass is 9.72. The second-order valence-corrected chi connectivity index (χ2v) is 8.26. The molecule has 1 fully saturated rings. The van der Waals surface area contributed by atoms with Gasteiger partial charge in [0, 0.05) is 18.0 Å². The molecular weight excluding hydrogens is 468 g/mol. The first-order valence-electron chi connectivity index (χ1n) is 10.6. The third-order valence-electron chi connectivity index (χ3n) is 6.21. The van der Waals surface area contributed by atoms with Gasteiger partial charge in [-0.05, 0) is 31.4 Å². The first kappa shape index (κ1) is 22.6. The molecule has 1 N–H and O–H groups in total. The largest absolute Gasteiger partial charge is 0.433 e. The molecule has 0 aliphatic heterocycles. The third-order valence-corrected chi connectivity index (χ3v) is 6.21. The Morgan fingerprint density at radius 2 is 1.86 bits per heavy atom. The Balaban J connectivity index is 1.56. The summed E-state index contributed by atoms with van der Waals surface area (Å²) in [6, 6.07) is 3.32. The van der Waals surface area contributed by atoms with Crippen molar-refractivity contribution in [1.82, 2.24) is 34.7 Å². The summed E-state index contributed by atoms with van der Waals surface area (Å²) in [7, 11) is 0. The van der Waals surface area contributed by atoms with Gasteiger partial charge in [0.2, 0.25) is 0 Å². The summed E-state index contributed by atoms with van der Waals surface area (Å²) in [5, 5.41) is 13.7. The standard InChI is InChI=1S/C22H16F4N8O/c1-10(11-2-5-16(28-7-11)22(24,25)26)34-20-17(15(6-27)33-34)21(35)32-19(31-20)14-4-3-13(14)18-29-8-12(23)9-30-18/h2,5,7-10,13-14H,3-4H2,1H3,(H,31,32,35)/t10-,13+,14+/m0/s1. The van der Waals surface area contributed by atoms with Crippen LogP contribution in [-0.2, 0) is 6.18 Å². The zero-order chi connectivity index (χ0) is 24.9. The fourth-order valence-electron chi connectivity index (χ4n) is 4.20. The molecule has 0 amide bonds. The Kier molecular flexibility index (Phi) is 5.31. The summed E-state index contributed by atoms with van der Waals surface area (Å²) in [6.07, 6.45) is 0.0442. The number of hydrogen-bond donors (Lipinski definition) is 1. The highest BCUT2D eigenvalue weighted by Crippen LogP contribution is 2.46. The highest BCUT2D eigenvalue weighted by atomic mass is 19.4. The average molecular weight is 484 g/mol. The lowest BCUT2D eigenvalue weighted by molar-refractivity contribution is -0.141. The van der Waals surface area contributed by atoms with Crippen molar-refractivity contribution in [2.24, 2.45) is 0 Å². The number of aromatic amines is 1. The predicted molar refractivity (Wildman–Crippen MR) is 113 cm³/mol. The number of fused-ring (bicyclic) bond motifs is 1. The maximum atomic E-state index is 13.2. The molecule has 1 aliphatic carbocycles. The van der Waals surface area contributed by atoms with E-state index >= 15 is 0 Å². The van der Waals surface area contributed by atoms with E-state index < -0.39 is 29.3 Å². The molecule has 0 radical (unpaired) electrons. The van der Waals surface area contributed by atoms with Crippen molar-refractivity contribution in [2.45, 2.75) is 43.8 Å². The number of nitriles is 1. The van der Waals surface area contributed by atoms with Gasteiger partial charge in [-0.25, -0.2) is 24.0 Å². The number of nitrogens with one attached hydrogen (secondary N) is 1. The zero-order valence-corrected chi connectivity index (χ0v) is 18.1. The van der Waals surface area contributed by atoms with Crippen molar-refractivity contribution >= 4 is 11.0 Å². The van der Waals surface area contributed by atoms with E-state index in [-0.39, 0.29) is 28.6 Å². The Morgan fingerprint density at radius 3 is 2.43 bits per heavy atom. The summed E-state index contributed by atoms with van der Waals surface area (Å²) < 4.78 is 53.2. The van der Waals surface area contributed by atoms with Gasteiger partial charge in [-0.3, -0.25) is 9.78 Å². The number of alkyl halides is 3. The van der Waals surface area contributed by atoms with E-state index in [9.17, 15) is 27.6 Å². The Morgan fingerprint density at radius 1 is 1.14 bits per heavy atom. The number of nitrogens with zero attached hydrogens (tertiary/aromatic N) is 7. The predicted octanol–water partition coefficient (Wildman–Crippen LogP) is 3.60. The van der Waals surface area contributed by atoms with Crippen LogP contribution < -0.4 is 5.56 Å². The molecule has 4 aromatic heterocycles. The molecule has 0 unspecified atom stereocenters. The second kappa shape index (κ2) is 8.23. The van der Waals surface area contributed by atoms with Crippen molar-refractivity contribution in [3.63, 3.8) is 0 Å². The van der Waals surface area contributed by atoms with E-state index in [1.54, 1.807) is 6.92 Å². The molecule has 1 aliphatic rings. The number of H-pyrrole nitrogens is 1. The van der Waals surface area contributed by atoms with Crippen LogP contribution >= 0.6 is 0 Å². The van der Waals surface area contributed by atoms with Crippen LogP contribution in [0.2, 0.25) is 0 Å². The van der Waals surface area contributed by atoms with Gasteiger partial charge in [0.05, 0.1) is 18.4 Å². The van der Waals surface area contributed by atoms with Crippen molar-refractivity contribution in [2.75, 3.05) is 0 Å². The molecule has 178 valence electrons. The minimum absolute atomic E-state index is 0.0168. The molecule has 5 rings (SSSR count). The van der Waals surface area contributed by atoms with Gasteiger partial charge in [-0.2, -0.15) is 23.5 Å². The van der Waals surface area contributed by atoms with Gasteiger partial charge in [-0.1, -0.05) is 6.07 Å². The first-order chi connectivity index (χ1) is 16.7. The number of rotatable bonds is 4. The minimum atomic E-state index is -4.58. The topological polar surface area (TPSA) is 126 Å². The average Bonchev–Trinajstić information content (AvgIpc) is 3.18. The molecule has 0 bridgehead atoms. The molecule has 1 saturated carbocycles. The highest BCUT2D eigenvalue weighted by molar-refractivity contribution is 5.80. The summed E-state index contributed by atoms with van der Waals surface area (Å²) in [5.41, 5.74) is -1.24. The van der Waals surface area contributed by atoms with Gasteiger partial charge in [0.25, 0.3) is 5.56 Å². The van der Waals surface area contributed by atoms with Crippen LogP contribution in [0.4, 0.5) is 17.6 Å². The molecule has 0 spiro atoms. The molecule has 4 heterocycles. The summed E-state index contributed by atoms with van der Waals surface area (Å²) in [6.45, 7) is 1.65. The van der Waals surface area contributed by atoms with Gasteiger partial charge in [0.15, 0.2) is 17.2 Å². The van der Waals surface area contributed by atoms with Gasteiger partial charge in [-0.15, -0.1) is 0 Å². The van der Waals surface area contributed by atoms with E-state index in [0.717, 1.165) is 24.7 Å². The maximum absolute atomic E-state index is 13.2. The van der Waals surface area contributed by atoms with E-state index in [2.05, 4.69) is 30.0 Å². The quantitative estimate of drug-likeness (QED) is 0.439. The van der Waals surface area contributed by atoms with Crippen LogP contribution in [0.3, 0.4) is 0 Å². The molecule has 4 aromatic rings. The van der Waals surface area contributed by atoms with Gasteiger partial charge in [0.1, 0.15) is 28.8 Å². The summed E-state index contributed by atoms with van der Waals surface area (Å²) >= 11 is 0. The Hall–Kier alpha value is -4.21. The first-order valence-corrected chi connectivity index (χ1v) is 10.6. The van der Waals surface area contributed by atoms with Crippen LogP contribution in [0.5, 0.6) is 0 Å². The molecule has 35 heavy (non-hydrogen) atoms. The number of aromatic nitrogens is 7. The van der Waals surface area contributed by atoms with Gasteiger partial charge >= 0.3 is 6.18 Å². The maximum Gasteiger partial charge on any atom is 0.433 e. The molecule has 0 aromatic carbocycles. The minimum Gasteiger partial charge on any atom is -0.310 e. The summed E-state index contributed by atoms with van der Waals surface area (Å²) in [4.78, 5) is 31.8. The van der Waals surface area contributed by atoms with E-state index in [4.69, 9.17) is 0 Å². The molecule has 9 nitrogen and oxygen atoms in total. The SMILES string of the molecule is C[C@@H](c1ccc(C(F)(F)F)nc1)n1nc(C#N)c2c(=O)[nH]c([C@@H]3CC[C@H]3c3ncc(F)cn3)nc21. The van der Waals surface area contributed by atoms with Crippen molar-refractivity contribution in [3.05, 3.63) is 75.5 Å². The van der Waals surface area contributed by atoms with E-state index in [0.29, 0.717) is 30.1 Å². The normalized spacial score (nSPS) is 18.7. The molecule has 13 heteroatoms. The lowest BCUT2D eigenvalue weighted by Crippen LogP contribution is -2.28. The fraction of sp³-hybridized carbons (Fsp3) is 0.318. The third kappa shape index (κ3) is 3.90. The van der Waals surface area contributed by atoms with E-state index in [1.165, 1.54) is 10.7 Å². The van der Waals surface area contributed by atoms with Crippen molar-refractivity contribution in [1.29, 1.82) is 5.26 Å². The van der Waals surface area contributed by atoms with E-state index in [1.807, 2.05) is 6.07 Å². The van der Waals surface area contributed by atoms with Crippen molar-refractivity contribution in [3.8, 4) is 6.07 Å². The molecule has 3 atom stereocenters. The summed E-state index contributed by atoms with van der Waals surface area (Å²) in [5.74, 6) is -0.206. The number of hydrogen-bond acceptors (Lipinski definition) is 7. The smallest absolute Gasteiger partial charge is 0.310 e. The van der Waals surface area contributed by atoms with Crippen LogP contribution in [0.1, 0.15) is 66.2 Å². The molecular formula is C22H16F4N8O. The van der Waals surface area contributed by atoms with Gasteiger partial charge < -0.3 is 4.98 Å². The fourth-order valence-corrected chi connectivity index (χ4v) is 4.20. The number of halogens is 4. The van der Waals surface area contributed by atoms with Crippen LogP contribution in [-0.4, -0.2) is 34.7 Å². The van der Waals surface area contributed by atoms with Crippen molar-refractivity contribution < 1.29 is 17.6 Å². The van der Waals surface area contributed by atoms with Crippen LogP contribution in [0, 0.1) is 17.1 Å². The molecule has 0 saturated heterocycles. The van der Waals surface area contributed by atoms with Crippen LogP contribution in [0.25, 0.3) is 11.0 Å². The highest BCUT2D eigenvalue weighted by Gasteiger charge is 2.38.